The van der Waals surface area contributed by atoms with Gasteiger partial charge in [-0.25, -0.2) is 0 Å². The highest BCUT2D eigenvalue weighted by atomic mass is 16.6. The molecule has 0 aromatic heterocycles. The van der Waals surface area contributed by atoms with Crippen molar-refractivity contribution in [3.05, 3.63) is 0 Å². The van der Waals surface area contributed by atoms with Crippen molar-refractivity contribution in [2.45, 2.75) is 39.3 Å². The lowest BCUT2D eigenvalue weighted by Gasteiger charge is -2.23. The van der Waals surface area contributed by atoms with E-state index < -0.39 is 42.8 Å². The minimum absolute atomic E-state index is 0.335. The predicted molar refractivity (Wildman–Crippen MR) is 54.2 cm³/mol. The zero-order chi connectivity index (χ0) is 18.5. The van der Waals surface area contributed by atoms with E-state index in [1.54, 1.807) is 0 Å². The van der Waals surface area contributed by atoms with Gasteiger partial charge in [0.15, 0.2) is 5.41 Å². The lowest BCUT2D eigenvalue weighted by molar-refractivity contribution is -0.171. The molecule has 1 aliphatic carbocycles. The first kappa shape index (κ1) is 4.85. The maximum atomic E-state index is 12.4. The summed E-state index contributed by atoms with van der Waals surface area (Å²) >= 11 is 0. The highest BCUT2D eigenvalue weighted by Crippen LogP contribution is 2.40. The van der Waals surface area contributed by atoms with Crippen molar-refractivity contribution in [2.75, 3.05) is 13.2 Å². The maximum absolute atomic E-state index is 12.4. The Hall–Kier alpha value is -1.06. The van der Waals surface area contributed by atoms with Crippen LogP contribution in [0.4, 0.5) is 0 Å². The van der Waals surface area contributed by atoms with Crippen LogP contribution < -0.4 is 0 Å². The molecule has 0 aromatic carbocycles. The van der Waals surface area contributed by atoms with Crippen LogP contribution in [0.1, 0.15) is 50.3 Å². The maximum Gasteiger partial charge on any atom is 0.323 e. The molecule has 0 atom stereocenters. The summed E-state index contributed by atoms with van der Waals surface area (Å²) in [5.74, 6) is -3.39. The van der Waals surface area contributed by atoms with Crippen LogP contribution in [0.15, 0.2) is 0 Å². The van der Waals surface area contributed by atoms with E-state index in [1.165, 1.54) is 13.8 Å². The highest BCUT2D eigenvalue weighted by Gasteiger charge is 2.50. The molecule has 0 aliphatic heterocycles. The summed E-state index contributed by atoms with van der Waals surface area (Å²) in [6.45, 7) is 2.00. The normalized spacial score (nSPS) is 39.9. The van der Waals surface area contributed by atoms with Crippen molar-refractivity contribution in [1.82, 2.24) is 0 Å². The van der Waals surface area contributed by atoms with E-state index in [2.05, 4.69) is 9.47 Å². The molecule has 0 aromatic rings. The van der Waals surface area contributed by atoms with Crippen LogP contribution in [-0.2, 0) is 19.1 Å². The molecule has 0 bridgehead atoms. The van der Waals surface area contributed by atoms with Crippen LogP contribution in [0.5, 0.6) is 0 Å². The summed E-state index contributed by atoms with van der Waals surface area (Å²) in [6, 6.07) is 0. The molecular formula is C11H18O4. The van der Waals surface area contributed by atoms with Gasteiger partial charge in [-0.1, -0.05) is 12.7 Å². The van der Waals surface area contributed by atoms with Crippen LogP contribution in [-0.4, -0.2) is 25.2 Å². The number of ether oxygens (including phenoxy) is 2. The zero-order valence-electron chi connectivity index (χ0n) is 16.5. The van der Waals surface area contributed by atoms with Crippen LogP contribution in [0.2, 0.25) is 0 Å². The number of esters is 2. The van der Waals surface area contributed by atoms with E-state index in [1.807, 2.05) is 0 Å². The van der Waals surface area contributed by atoms with E-state index in [0.29, 0.717) is 0 Å². The molecule has 0 spiro atoms. The van der Waals surface area contributed by atoms with Gasteiger partial charge in [0.25, 0.3) is 0 Å². The average Bonchev–Trinajstić information content (AvgIpc) is 2.43. The van der Waals surface area contributed by atoms with Crippen molar-refractivity contribution in [3.63, 3.8) is 0 Å². The quantitative estimate of drug-likeness (QED) is 0.536. The molecule has 86 valence electrons. The summed E-state index contributed by atoms with van der Waals surface area (Å²) in [5.41, 5.74) is -3.43. The molecule has 1 aliphatic rings. The predicted octanol–water partition coefficient (Wildman–Crippen LogP) is 1.67. The van der Waals surface area contributed by atoms with Crippen LogP contribution in [0.3, 0.4) is 0 Å². The van der Waals surface area contributed by atoms with Crippen molar-refractivity contribution in [2.24, 2.45) is 5.41 Å². The molecule has 4 heteroatoms. The first-order valence-electron chi connectivity index (χ1n) is 8.56. The Bertz CT molecular complexity index is 470. The number of hydrogen-bond acceptors (Lipinski definition) is 4. The fourth-order valence-corrected chi connectivity index (χ4v) is 1.05. The van der Waals surface area contributed by atoms with Gasteiger partial charge in [-0.15, -0.1) is 0 Å². The monoisotopic (exact) mass is 222 g/mol. The van der Waals surface area contributed by atoms with Crippen molar-refractivity contribution in [3.8, 4) is 0 Å². The SMILES string of the molecule is [2H]C1([2H])C([2H])([2H])C([2H])([2H])C(C(=O)OCC)(C(=O)OCC)C1([2H])[2H]. The second kappa shape index (κ2) is 5.14. The van der Waals surface area contributed by atoms with Crippen molar-refractivity contribution in [1.29, 1.82) is 0 Å². The second-order valence-corrected chi connectivity index (χ2v) is 2.69. The third-order valence-corrected chi connectivity index (χ3v) is 1.73. The fraction of sp³-hybridized carbons (Fsp3) is 0.818. The highest BCUT2D eigenvalue weighted by molar-refractivity contribution is 6.00. The van der Waals surface area contributed by atoms with Crippen LogP contribution >= 0.6 is 0 Å². The van der Waals surface area contributed by atoms with E-state index >= 15 is 0 Å². The van der Waals surface area contributed by atoms with Gasteiger partial charge in [0, 0.05) is 11.0 Å². The van der Waals surface area contributed by atoms with Gasteiger partial charge in [-0.2, -0.15) is 0 Å². The lowest BCUT2D eigenvalue weighted by Crippen LogP contribution is -2.39. The number of hydrogen-bond donors (Lipinski definition) is 0. The van der Waals surface area contributed by atoms with Crippen LogP contribution in [0, 0.1) is 5.41 Å². The molecule has 4 nitrogen and oxygen atoms in total. The minimum atomic E-state index is -3.55. The smallest absolute Gasteiger partial charge is 0.323 e. The Morgan fingerprint density at radius 2 is 1.53 bits per heavy atom. The van der Waals surface area contributed by atoms with Gasteiger partial charge in [0.1, 0.15) is 0 Å². The largest absolute Gasteiger partial charge is 0.465 e. The van der Waals surface area contributed by atoms with Gasteiger partial charge in [0.05, 0.1) is 13.2 Å². The summed E-state index contributed by atoms with van der Waals surface area (Å²) in [6.07, 6.45) is -14.1. The Kier molecular flexibility index (Phi) is 1.66. The summed E-state index contributed by atoms with van der Waals surface area (Å²) < 4.78 is 71.8. The van der Waals surface area contributed by atoms with E-state index in [9.17, 15) is 9.59 Å². The Labute approximate surface area is 101 Å². The summed E-state index contributed by atoms with van der Waals surface area (Å²) in [4.78, 5) is 24.7. The van der Waals surface area contributed by atoms with Gasteiger partial charge in [0.2, 0.25) is 0 Å². The molecule has 0 amide bonds. The standard InChI is InChI=1S/C11H18O4/c1-3-14-9(12)11(7-5-6-8-11)10(13)15-4-2/h3-8H2,1-2H3/i5D2,6D2,7D2,8D2. The van der Waals surface area contributed by atoms with Gasteiger partial charge >= 0.3 is 11.9 Å². The van der Waals surface area contributed by atoms with E-state index in [-0.39, 0.29) is 13.2 Å². The first-order chi connectivity index (χ1) is 10.2. The lowest BCUT2D eigenvalue weighted by atomic mass is 9.86. The van der Waals surface area contributed by atoms with Crippen molar-refractivity contribution < 1.29 is 30.0 Å². The molecular weight excluding hydrogens is 196 g/mol. The molecule has 1 fully saturated rings. The van der Waals surface area contributed by atoms with E-state index in [0.717, 1.165) is 0 Å². The number of rotatable bonds is 4. The Morgan fingerprint density at radius 1 is 1.13 bits per heavy atom. The van der Waals surface area contributed by atoms with Gasteiger partial charge in [-0.3, -0.25) is 9.59 Å². The molecule has 1 rings (SSSR count). The Balaban J connectivity index is 3.86. The molecule has 0 radical (unpaired) electrons. The second-order valence-electron chi connectivity index (χ2n) is 2.69. The molecule has 15 heavy (non-hydrogen) atoms. The summed E-state index contributed by atoms with van der Waals surface area (Å²) in [7, 11) is 0. The van der Waals surface area contributed by atoms with Crippen LogP contribution in [0.25, 0.3) is 0 Å². The topological polar surface area (TPSA) is 52.6 Å². The number of carbonyl (C=O) groups is 2. The molecule has 0 heterocycles. The van der Waals surface area contributed by atoms with Gasteiger partial charge < -0.3 is 9.47 Å². The average molecular weight is 222 g/mol. The van der Waals surface area contributed by atoms with Gasteiger partial charge in [-0.05, 0) is 26.6 Å². The molecule has 0 unspecified atom stereocenters. The third-order valence-electron chi connectivity index (χ3n) is 1.73. The molecule has 0 N–H and O–H groups in total. The fourth-order valence-electron chi connectivity index (χ4n) is 1.05. The first-order valence-corrected chi connectivity index (χ1v) is 4.56. The Morgan fingerprint density at radius 3 is 1.87 bits per heavy atom. The summed E-state index contributed by atoms with van der Waals surface area (Å²) in [5, 5.41) is 0. The molecule has 0 saturated heterocycles. The minimum Gasteiger partial charge on any atom is -0.465 e. The number of carbonyl (C=O) groups excluding carboxylic acids is 2. The zero-order valence-corrected chi connectivity index (χ0v) is 8.55. The molecule has 1 saturated carbocycles. The third kappa shape index (κ3) is 2.30. The van der Waals surface area contributed by atoms with Crippen molar-refractivity contribution >= 4 is 11.9 Å². The van der Waals surface area contributed by atoms with E-state index in [4.69, 9.17) is 11.0 Å².